The maximum absolute atomic E-state index is 12.7. The Bertz CT molecular complexity index is 508. The van der Waals surface area contributed by atoms with Crippen LogP contribution in [0.2, 0.25) is 0 Å². The van der Waals surface area contributed by atoms with Crippen LogP contribution in [0.5, 0.6) is 11.5 Å². The fourth-order valence-electron chi connectivity index (χ4n) is 2.66. The molecule has 5 nitrogen and oxygen atoms in total. The topological polar surface area (TPSA) is 43.2 Å². The maximum Gasteiger partial charge on any atom is 0.258 e. The molecule has 5 heteroatoms. The van der Waals surface area contributed by atoms with Crippen molar-refractivity contribution in [2.75, 3.05) is 46.9 Å². The van der Waals surface area contributed by atoms with Crippen molar-refractivity contribution in [2.24, 2.45) is 0 Å². The fourth-order valence-corrected chi connectivity index (χ4v) is 2.66. The van der Waals surface area contributed by atoms with Gasteiger partial charge in [0.2, 0.25) is 0 Å². The lowest BCUT2D eigenvalue weighted by molar-refractivity contribution is -0.898. The van der Waals surface area contributed by atoms with E-state index in [0.29, 0.717) is 17.1 Å². The molecule has 1 aliphatic heterocycles. The number of hydrogen-bond acceptors (Lipinski definition) is 3. The molecule has 1 N–H and O–H groups in total. The number of carbonyl (C=O) groups is 1. The molecular weight excluding hydrogens is 268 g/mol. The van der Waals surface area contributed by atoms with Crippen LogP contribution in [0, 0.1) is 0 Å². The number of para-hydroxylation sites is 1. The molecule has 0 aliphatic carbocycles. The number of quaternary nitrogens is 1. The molecule has 1 aromatic rings. The molecule has 1 fully saturated rings. The first kappa shape index (κ1) is 15.4. The highest BCUT2D eigenvalue weighted by molar-refractivity contribution is 5.97. The van der Waals surface area contributed by atoms with E-state index in [9.17, 15) is 4.79 Å². The van der Waals surface area contributed by atoms with Crippen LogP contribution in [-0.2, 0) is 0 Å². The Labute approximate surface area is 125 Å². The summed E-state index contributed by atoms with van der Waals surface area (Å²) in [5, 5.41) is 0. The van der Waals surface area contributed by atoms with Crippen molar-refractivity contribution in [3.05, 3.63) is 36.4 Å². The zero-order valence-corrected chi connectivity index (χ0v) is 12.7. The van der Waals surface area contributed by atoms with Crippen molar-refractivity contribution in [1.82, 2.24) is 4.90 Å². The number of hydrogen-bond donors (Lipinski definition) is 1. The molecule has 1 aliphatic rings. The lowest BCUT2D eigenvalue weighted by Crippen LogP contribution is -3.14. The molecule has 0 atom stereocenters. The molecule has 1 heterocycles. The van der Waals surface area contributed by atoms with Gasteiger partial charge in [0.15, 0.2) is 11.5 Å². The molecule has 2 rings (SSSR count). The summed E-state index contributed by atoms with van der Waals surface area (Å²) in [6, 6.07) is 5.39. The van der Waals surface area contributed by atoms with Crippen molar-refractivity contribution in [1.29, 1.82) is 0 Å². The Hall–Kier alpha value is -2.01. The van der Waals surface area contributed by atoms with E-state index in [0.717, 1.165) is 32.7 Å². The van der Waals surface area contributed by atoms with Crippen molar-refractivity contribution in [2.45, 2.75) is 0 Å². The Morgan fingerprint density at radius 1 is 1.33 bits per heavy atom. The molecule has 1 saturated heterocycles. The number of benzene rings is 1. The third kappa shape index (κ3) is 3.36. The predicted octanol–water partition coefficient (Wildman–Crippen LogP) is 0.231. The second-order valence-corrected chi connectivity index (χ2v) is 5.08. The van der Waals surface area contributed by atoms with Crippen molar-refractivity contribution in [3.63, 3.8) is 0 Å². The molecular formula is C16H23N2O3+. The lowest BCUT2D eigenvalue weighted by atomic mass is 10.1. The minimum atomic E-state index is 0.00315. The molecule has 0 unspecified atom stereocenters. The summed E-state index contributed by atoms with van der Waals surface area (Å²) in [6.45, 7) is 8.12. The fraction of sp³-hybridized carbons (Fsp3) is 0.438. The van der Waals surface area contributed by atoms with E-state index in [-0.39, 0.29) is 5.91 Å². The van der Waals surface area contributed by atoms with Crippen LogP contribution in [-0.4, -0.2) is 57.8 Å². The van der Waals surface area contributed by atoms with Crippen LogP contribution in [0.3, 0.4) is 0 Å². The Morgan fingerprint density at radius 3 is 2.62 bits per heavy atom. The predicted molar refractivity (Wildman–Crippen MR) is 81.2 cm³/mol. The first-order valence-corrected chi connectivity index (χ1v) is 7.16. The highest BCUT2D eigenvalue weighted by Gasteiger charge is 2.26. The molecule has 0 radical (unpaired) electrons. The Balaban J connectivity index is 2.12. The van der Waals surface area contributed by atoms with Gasteiger partial charge in [0.1, 0.15) is 0 Å². The van der Waals surface area contributed by atoms with Crippen LogP contribution >= 0.6 is 0 Å². The van der Waals surface area contributed by atoms with Crippen LogP contribution in [0.4, 0.5) is 0 Å². The summed E-state index contributed by atoms with van der Waals surface area (Å²) >= 11 is 0. The van der Waals surface area contributed by atoms with Crippen LogP contribution in [0.15, 0.2) is 30.9 Å². The smallest absolute Gasteiger partial charge is 0.258 e. The van der Waals surface area contributed by atoms with Gasteiger partial charge in [-0.05, 0) is 18.2 Å². The number of rotatable bonds is 5. The summed E-state index contributed by atoms with van der Waals surface area (Å²) in [5.41, 5.74) is 0.559. The monoisotopic (exact) mass is 291 g/mol. The van der Waals surface area contributed by atoms with E-state index in [4.69, 9.17) is 9.47 Å². The number of nitrogens with zero attached hydrogens (tertiary/aromatic N) is 1. The molecule has 114 valence electrons. The van der Waals surface area contributed by atoms with Gasteiger partial charge >= 0.3 is 0 Å². The highest BCUT2D eigenvalue weighted by Crippen LogP contribution is 2.31. The summed E-state index contributed by atoms with van der Waals surface area (Å²) in [7, 11) is 3.13. The van der Waals surface area contributed by atoms with E-state index in [1.165, 1.54) is 4.90 Å². The molecule has 0 bridgehead atoms. The summed E-state index contributed by atoms with van der Waals surface area (Å²) in [6.07, 6.45) is 1.93. The zero-order valence-electron chi connectivity index (χ0n) is 12.7. The second kappa shape index (κ2) is 7.13. The lowest BCUT2D eigenvalue weighted by Gasteiger charge is -2.32. The summed E-state index contributed by atoms with van der Waals surface area (Å²) in [4.78, 5) is 16.0. The standard InChI is InChI=1S/C16H22N2O3/c1-4-8-17-9-11-18(12-10-17)16(19)13-6-5-7-14(20-2)15(13)21-3/h4-7H,1,8-12H2,2-3H3/p+1. The van der Waals surface area contributed by atoms with Gasteiger partial charge < -0.3 is 19.3 Å². The van der Waals surface area contributed by atoms with Crippen LogP contribution in [0.1, 0.15) is 10.4 Å². The second-order valence-electron chi connectivity index (χ2n) is 5.08. The SMILES string of the molecule is C=CC[NH+]1CCN(C(=O)c2cccc(OC)c2OC)CC1. The number of piperazine rings is 1. The highest BCUT2D eigenvalue weighted by atomic mass is 16.5. The molecule has 21 heavy (non-hydrogen) atoms. The van der Waals surface area contributed by atoms with Gasteiger partial charge in [-0.3, -0.25) is 4.79 Å². The van der Waals surface area contributed by atoms with Gasteiger partial charge in [0.25, 0.3) is 5.91 Å². The van der Waals surface area contributed by atoms with Crippen LogP contribution in [0.25, 0.3) is 0 Å². The number of amides is 1. The minimum absolute atomic E-state index is 0.00315. The van der Waals surface area contributed by atoms with Gasteiger partial charge in [-0.2, -0.15) is 0 Å². The maximum atomic E-state index is 12.7. The third-order valence-corrected chi connectivity index (χ3v) is 3.82. The first-order valence-electron chi connectivity index (χ1n) is 7.16. The number of methoxy groups -OCH3 is 2. The van der Waals surface area contributed by atoms with E-state index < -0.39 is 0 Å². The van der Waals surface area contributed by atoms with Crippen molar-refractivity contribution in [3.8, 4) is 11.5 Å². The van der Waals surface area contributed by atoms with Gasteiger partial charge in [-0.1, -0.05) is 12.6 Å². The molecule has 0 spiro atoms. The molecule has 1 amide bonds. The molecule has 0 saturated carbocycles. The first-order chi connectivity index (χ1) is 10.2. The van der Waals surface area contributed by atoms with Crippen molar-refractivity contribution >= 4 is 5.91 Å². The van der Waals surface area contributed by atoms with Crippen LogP contribution < -0.4 is 14.4 Å². The van der Waals surface area contributed by atoms with Gasteiger partial charge in [-0.25, -0.2) is 0 Å². The van der Waals surface area contributed by atoms with E-state index in [1.807, 2.05) is 17.0 Å². The Kier molecular flexibility index (Phi) is 5.22. The van der Waals surface area contributed by atoms with Gasteiger partial charge in [-0.15, -0.1) is 0 Å². The molecule has 0 aromatic heterocycles. The van der Waals surface area contributed by atoms with E-state index in [2.05, 4.69) is 6.58 Å². The Morgan fingerprint density at radius 2 is 2.05 bits per heavy atom. The largest absolute Gasteiger partial charge is 0.493 e. The number of carbonyl (C=O) groups excluding carboxylic acids is 1. The minimum Gasteiger partial charge on any atom is -0.493 e. The van der Waals surface area contributed by atoms with Gasteiger partial charge in [0.05, 0.1) is 52.5 Å². The molecule has 1 aromatic carbocycles. The number of nitrogens with one attached hydrogen (secondary N) is 1. The zero-order chi connectivity index (χ0) is 15.2. The normalized spacial score (nSPS) is 15.6. The van der Waals surface area contributed by atoms with Gasteiger partial charge in [0, 0.05) is 0 Å². The summed E-state index contributed by atoms with van der Waals surface area (Å²) < 4.78 is 10.6. The average Bonchev–Trinajstić information content (AvgIpc) is 2.54. The van der Waals surface area contributed by atoms with Crippen molar-refractivity contribution < 1.29 is 19.2 Å². The third-order valence-electron chi connectivity index (χ3n) is 3.82. The van der Waals surface area contributed by atoms with E-state index >= 15 is 0 Å². The number of ether oxygens (including phenoxy) is 2. The van der Waals surface area contributed by atoms with E-state index in [1.54, 1.807) is 26.4 Å². The quantitative estimate of drug-likeness (QED) is 0.790. The summed E-state index contributed by atoms with van der Waals surface area (Å²) in [5.74, 6) is 1.09. The average molecular weight is 291 g/mol.